The molecule has 2 rings (SSSR count). The highest BCUT2D eigenvalue weighted by molar-refractivity contribution is 6.42. The number of aliphatic hydroxyl groups excluding tert-OH is 1. The third-order valence-corrected chi connectivity index (χ3v) is 5.29. The SMILES string of the molecule is COc1ncccc1C(O)C(c1ccc(Cl)c(Cl)c1)C(NC(=O)O)C(C)(C)C. The van der Waals surface area contributed by atoms with E-state index in [4.69, 9.17) is 27.9 Å². The van der Waals surface area contributed by atoms with Crippen molar-refractivity contribution in [1.29, 1.82) is 0 Å². The van der Waals surface area contributed by atoms with E-state index in [0.717, 1.165) is 0 Å². The Morgan fingerprint density at radius 1 is 1.21 bits per heavy atom. The van der Waals surface area contributed by atoms with Gasteiger partial charge in [0, 0.05) is 23.7 Å². The van der Waals surface area contributed by atoms with Crippen LogP contribution in [0.2, 0.25) is 10.0 Å². The number of aromatic nitrogens is 1. The van der Waals surface area contributed by atoms with Crippen molar-refractivity contribution in [3.8, 4) is 5.88 Å². The largest absolute Gasteiger partial charge is 0.481 e. The van der Waals surface area contributed by atoms with E-state index in [1.807, 2.05) is 20.8 Å². The zero-order valence-corrected chi connectivity index (χ0v) is 17.6. The average Bonchev–Trinajstić information content (AvgIpc) is 2.62. The summed E-state index contributed by atoms with van der Waals surface area (Å²) in [6, 6.07) is 7.73. The third kappa shape index (κ3) is 5.07. The standard InChI is InChI=1S/C20H24Cl2N2O4/c1-20(2,3)17(24-19(26)27)15(11-7-8-13(21)14(22)10-11)16(25)12-6-5-9-23-18(12)28-4/h5-10,15-17,24-25H,1-4H3,(H,26,27). The number of halogens is 2. The van der Waals surface area contributed by atoms with Gasteiger partial charge in [0.25, 0.3) is 0 Å². The molecule has 3 atom stereocenters. The summed E-state index contributed by atoms with van der Waals surface area (Å²) in [7, 11) is 1.46. The molecule has 1 amide bonds. The maximum absolute atomic E-state index is 11.5. The van der Waals surface area contributed by atoms with Gasteiger partial charge in [0.15, 0.2) is 0 Å². The summed E-state index contributed by atoms with van der Waals surface area (Å²) >= 11 is 12.3. The van der Waals surface area contributed by atoms with Gasteiger partial charge in [-0.25, -0.2) is 9.78 Å². The summed E-state index contributed by atoms with van der Waals surface area (Å²) < 4.78 is 5.29. The maximum Gasteiger partial charge on any atom is 0.404 e. The minimum atomic E-state index is -1.18. The molecule has 152 valence electrons. The van der Waals surface area contributed by atoms with E-state index in [0.29, 0.717) is 21.2 Å². The van der Waals surface area contributed by atoms with Gasteiger partial charge in [0.1, 0.15) is 0 Å². The van der Waals surface area contributed by atoms with Crippen molar-refractivity contribution >= 4 is 29.3 Å². The van der Waals surface area contributed by atoms with Gasteiger partial charge in [-0.05, 0) is 35.2 Å². The predicted molar refractivity (Wildman–Crippen MR) is 109 cm³/mol. The second kappa shape index (κ2) is 8.99. The molecule has 0 aliphatic rings. The number of carbonyl (C=O) groups is 1. The Morgan fingerprint density at radius 2 is 1.89 bits per heavy atom. The lowest BCUT2D eigenvalue weighted by atomic mass is 9.72. The fraction of sp³-hybridized carbons (Fsp3) is 0.400. The second-order valence-corrected chi connectivity index (χ2v) is 8.35. The smallest absolute Gasteiger partial charge is 0.404 e. The number of rotatable bonds is 6. The van der Waals surface area contributed by atoms with Gasteiger partial charge in [-0.2, -0.15) is 0 Å². The van der Waals surface area contributed by atoms with Crippen molar-refractivity contribution in [3.63, 3.8) is 0 Å². The Balaban J connectivity index is 2.66. The van der Waals surface area contributed by atoms with Crippen LogP contribution in [0.3, 0.4) is 0 Å². The van der Waals surface area contributed by atoms with Gasteiger partial charge in [-0.3, -0.25) is 0 Å². The van der Waals surface area contributed by atoms with Gasteiger partial charge in [0.2, 0.25) is 5.88 Å². The lowest BCUT2D eigenvalue weighted by Crippen LogP contribution is -2.48. The molecule has 6 nitrogen and oxygen atoms in total. The van der Waals surface area contributed by atoms with Gasteiger partial charge >= 0.3 is 6.09 Å². The molecule has 0 radical (unpaired) electrons. The van der Waals surface area contributed by atoms with E-state index in [2.05, 4.69) is 10.3 Å². The van der Waals surface area contributed by atoms with E-state index in [9.17, 15) is 15.0 Å². The topological polar surface area (TPSA) is 91.7 Å². The number of pyridine rings is 1. The highest BCUT2D eigenvalue weighted by Crippen LogP contribution is 2.43. The van der Waals surface area contributed by atoms with Crippen LogP contribution in [0.5, 0.6) is 5.88 Å². The van der Waals surface area contributed by atoms with E-state index in [1.54, 1.807) is 36.5 Å². The van der Waals surface area contributed by atoms with Crippen LogP contribution < -0.4 is 10.1 Å². The number of nitrogens with zero attached hydrogens (tertiary/aromatic N) is 1. The average molecular weight is 427 g/mol. The number of ether oxygens (including phenoxy) is 1. The van der Waals surface area contributed by atoms with Crippen molar-refractivity contribution in [2.24, 2.45) is 5.41 Å². The van der Waals surface area contributed by atoms with Crippen LogP contribution in [0.15, 0.2) is 36.5 Å². The summed E-state index contributed by atoms with van der Waals surface area (Å²) in [5, 5.41) is 24.0. The Kier molecular flexibility index (Phi) is 7.15. The number of hydrogen-bond donors (Lipinski definition) is 3. The monoisotopic (exact) mass is 426 g/mol. The van der Waals surface area contributed by atoms with E-state index < -0.39 is 29.6 Å². The van der Waals surface area contributed by atoms with Crippen molar-refractivity contribution in [3.05, 3.63) is 57.7 Å². The molecule has 1 heterocycles. The molecular formula is C20H24Cl2N2O4. The molecule has 0 saturated carbocycles. The van der Waals surface area contributed by atoms with Gasteiger partial charge in [0.05, 0.1) is 23.3 Å². The number of benzene rings is 1. The molecule has 1 aromatic carbocycles. The molecule has 3 N–H and O–H groups in total. The predicted octanol–water partition coefficient (Wildman–Crippen LogP) is 4.90. The quantitative estimate of drug-likeness (QED) is 0.610. The van der Waals surface area contributed by atoms with Crippen molar-refractivity contribution < 1.29 is 19.7 Å². The van der Waals surface area contributed by atoms with Crippen molar-refractivity contribution in [2.75, 3.05) is 7.11 Å². The fourth-order valence-electron chi connectivity index (χ4n) is 3.25. The molecule has 2 aromatic rings. The number of hydrogen-bond acceptors (Lipinski definition) is 4. The second-order valence-electron chi connectivity index (χ2n) is 7.54. The first-order valence-electron chi connectivity index (χ1n) is 8.67. The molecule has 0 spiro atoms. The minimum absolute atomic E-state index is 0.267. The highest BCUT2D eigenvalue weighted by Gasteiger charge is 2.40. The summed E-state index contributed by atoms with van der Waals surface area (Å²) in [5.41, 5.74) is 0.565. The van der Waals surface area contributed by atoms with Crippen LogP contribution in [0.1, 0.15) is 43.9 Å². The van der Waals surface area contributed by atoms with Crippen molar-refractivity contribution in [1.82, 2.24) is 10.3 Å². The van der Waals surface area contributed by atoms with E-state index >= 15 is 0 Å². The summed E-state index contributed by atoms with van der Waals surface area (Å²) in [6.45, 7) is 5.68. The van der Waals surface area contributed by atoms with Crippen LogP contribution in [0.4, 0.5) is 4.79 Å². The van der Waals surface area contributed by atoms with Crippen LogP contribution in [-0.2, 0) is 0 Å². The molecule has 8 heteroatoms. The lowest BCUT2D eigenvalue weighted by molar-refractivity contribution is 0.0862. The molecule has 0 saturated heterocycles. The third-order valence-electron chi connectivity index (χ3n) is 4.55. The van der Waals surface area contributed by atoms with Crippen LogP contribution in [0, 0.1) is 5.41 Å². The lowest BCUT2D eigenvalue weighted by Gasteiger charge is -2.39. The molecule has 0 bridgehead atoms. The molecule has 3 unspecified atom stereocenters. The molecule has 0 aliphatic heterocycles. The zero-order chi connectivity index (χ0) is 21.1. The number of amides is 1. The zero-order valence-electron chi connectivity index (χ0n) is 16.1. The molecule has 28 heavy (non-hydrogen) atoms. The number of carboxylic acid groups (broad SMARTS) is 1. The summed E-state index contributed by atoms with van der Waals surface area (Å²) in [6.07, 6.45) is -0.743. The van der Waals surface area contributed by atoms with Crippen molar-refractivity contribution in [2.45, 2.75) is 38.8 Å². The van der Waals surface area contributed by atoms with Gasteiger partial charge in [-0.1, -0.05) is 50.0 Å². The first kappa shape index (κ1) is 22.3. The molecule has 0 fully saturated rings. The maximum atomic E-state index is 11.5. The van der Waals surface area contributed by atoms with E-state index in [1.165, 1.54) is 7.11 Å². The Labute approximate surface area is 174 Å². The summed E-state index contributed by atoms with van der Waals surface area (Å²) in [5.74, 6) is -0.410. The fourth-order valence-corrected chi connectivity index (χ4v) is 3.55. The van der Waals surface area contributed by atoms with Gasteiger partial charge < -0.3 is 20.3 Å². The number of nitrogens with one attached hydrogen (secondary N) is 1. The Hall–Kier alpha value is -2.02. The van der Waals surface area contributed by atoms with Gasteiger partial charge in [-0.15, -0.1) is 0 Å². The minimum Gasteiger partial charge on any atom is -0.481 e. The molecule has 0 aliphatic carbocycles. The van der Waals surface area contributed by atoms with Crippen LogP contribution >= 0.6 is 23.2 Å². The number of aliphatic hydroxyl groups is 1. The number of methoxy groups -OCH3 is 1. The van der Waals surface area contributed by atoms with Crippen LogP contribution in [-0.4, -0.2) is 34.4 Å². The van der Waals surface area contributed by atoms with Crippen LogP contribution in [0.25, 0.3) is 0 Å². The first-order chi connectivity index (χ1) is 13.1. The first-order valence-corrected chi connectivity index (χ1v) is 9.43. The summed E-state index contributed by atoms with van der Waals surface area (Å²) in [4.78, 5) is 15.7. The Morgan fingerprint density at radius 3 is 2.43 bits per heavy atom. The normalized spacial score (nSPS) is 14.8. The Bertz CT molecular complexity index is 839. The molecule has 1 aromatic heterocycles. The van der Waals surface area contributed by atoms with E-state index in [-0.39, 0.29) is 5.88 Å². The highest BCUT2D eigenvalue weighted by atomic mass is 35.5. The molecular weight excluding hydrogens is 403 g/mol.